The molecule has 1 saturated heterocycles. The first-order valence-electron chi connectivity index (χ1n) is 5.28. The van der Waals surface area contributed by atoms with Gasteiger partial charge in [-0.2, -0.15) is 0 Å². The Labute approximate surface area is 98.6 Å². The van der Waals surface area contributed by atoms with Gasteiger partial charge in [-0.25, -0.2) is 4.98 Å². The molecular formula is C10H16N2OS2. The number of hydrogen-bond donors (Lipinski definition) is 1. The van der Waals surface area contributed by atoms with E-state index < -0.39 is 0 Å². The summed E-state index contributed by atoms with van der Waals surface area (Å²) in [5, 5.41) is 5.58. The van der Waals surface area contributed by atoms with Gasteiger partial charge >= 0.3 is 0 Å². The average Bonchev–Trinajstić information content (AvgIpc) is 2.79. The first kappa shape index (κ1) is 11.4. The number of aromatic nitrogens is 1. The summed E-state index contributed by atoms with van der Waals surface area (Å²) in [6, 6.07) is 0.663. The number of nitrogens with one attached hydrogen (secondary N) is 1. The Hall–Kier alpha value is -0.100. The van der Waals surface area contributed by atoms with Crippen molar-refractivity contribution in [2.45, 2.75) is 23.2 Å². The van der Waals surface area contributed by atoms with Crippen molar-refractivity contribution in [3.63, 3.8) is 0 Å². The molecule has 0 aliphatic carbocycles. The monoisotopic (exact) mass is 244 g/mol. The molecule has 0 unspecified atom stereocenters. The first-order valence-corrected chi connectivity index (χ1v) is 7.15. The van der Waals surface area contributed by atoms with Crippen molar-refractivity contribution in [1.29, 1.82) is 0 Å². The maximum Gasteiger partial charge on any atom is 0.149 e. The molecule has 3 nitrogen and oxygen atoms in total. The van der Waals surface area contributed by atoms with E-state index in [9.17, 15) is 0 Å². The van der Waals surface area contributed by atoms with Gasteiger partial charge in [0.2, 0.25) is 0 Å². The lowest BCUT2D eigenvalue weighted by atomic mass is 10.1. The minimum atomic E-state index is 0.663. The van der Waals surface area contributed by atoms with Gasteiger partial charge in [0, 0.05) is 43.1 Å². The second-order valence-electron chi connectivity index (χ2n) is 3.49. The van der Waals surface area contributed by atoms with E-state index in [2.05, 4.69) is 10.3 Å². The maximum absolute atomic E-state index is 5.31. The molecule has 0 saturated carbocycles. The molecule has 15 heavy (non-hydrogen) atoms. The van der Waals surface area contributed by atoms with Crippen molar-refractivity contribution < 1.29 is 4.74 Å². The lowest BCUT2D eigenvalue weighted by molar-refractivity contribution is 0.0786. The second-order valence-corrected chi connectivity index (χ2v) is 5.72. The average molecular weight is 244 g/mol. The molecule has 2 rings (SSSR count). The molecule has 84 valence electrons. The number of ether oxygens (including phenoxy) is 1. The predicted octanol–water partition coefficient (Wildman–Crippen LogP) is 2.00. The van der Waals surface area contributed by atoms with Crippen LogP contribution in [0.4, 0.5) is 0 Å². The summed E-state index contributed by atoms with van der Waals surface area (Å²) in [6.07, 6.45) is 4.17. The van der Waals surface area contributed by atoms with Gasteiger partial charge in [0.05, 0.1) is 0 Å². The van der Waals surface area contributed by atoms with E-state index in [0.717, 1.165) is 38.4 Å². The summed E-state index contributed by atoms with van der Waals surface area (Å²) in [5.41, 5.74) is 0. The van der Waals surface area contributed by atoms with Crippen molar-refractivity contribution in [2.24, 2.45) is 0 Å². The minimum Gasteiger partial charge on any atom is -0.381 e. The van der Waals surface area contributed by atoms with Gasteiger partial charge in [-0.1, -0.05) is 11.8 Å². The van der Waals surface area contributed by atoms with Crippen molar-refractivity contribution >= 4 is 23.1 Å². The zero-order valence-corrected chi connectivity index (χ0v) is 10.3. The Bertz CT molecular complexity index is 260. The van der Waals surface area contributed by atoms with Gasteiger partial charge in [0.1, 0.15) is 4.34 Å². The standard InChI is InChI=1S/C10H16N2OS2/c1-5-13-6-2-9(1)11-3-7-14-10-12-4-8-15-10/h4,8-9,11H,1-3,5-7H2. The fraction of sp³-hybridized carbons (Fsp3) is 0.700. The zero-order chi connectivity index (χ0) is 10.3. The topological polar surface area (TPSA) is 34.1 Å². The van der Waals surface area contributed by atoms with Gasteiger partial charge in [0.15, 0.2) is 0 Å². The SMILES string of the molecule is c1csc(SCCNC2CCOCC2)n1. The van der Waals surface area contributed by atoms with Crippen LogP contribution < -0.4 is 5.32 Å². The Kier molecular flexibility index (Phi) is 4.92. The van der Waals surface area contributed by atoms with E-state index in [1.807, 2.05) is 23.3 Å². The molecule has 1 N–H and O–H groups in total. The Balaban J connectivity index is 1.54. The first-order chi connectivity index (χ1) is 7.45. The molecule has 1 aliphatic heterocycles. The van der Waals surface area contributed by atoms with Crippen LogP contribution in [0.2, 0.25) is 0 Å². The number of hydrogen-bond acceptors (Lipinski definition) is 5. The lowest BCUT2D eigenvalue weighted by Gasteiger charge is -2.22. The van der Waals surface area contributed by atoms with Crippen LogP contribution >= 0.6 is 23.1 Å². The van der Waals surface area contributed by atoms with Crippen LogP contribution in [0.15, 0.2) is 15.9 Å². The molecule has 2 heterocycles. The summed E-state index contributed by atoms with van der Waals surface area (Å²) in [7, 11) is 0. The van der Waals surface area contributed by atoms with E-state index in [-0.39, 0.29) is 0 Å². The maximum atomic E-state index is 5.31. The summed E-state index contributed by atoms with van der Waals surface area (Å²) < 4.78 is 6.48. The highest BCUT2D eigenvalue weighted by Gasteiger charge is 2.12. The molecule has 0 atom stereocenters. The van der Waals surface area contributed by atoms with E-state index in [1.54, 1.807) is 11.3 Å². The van der Waals surface area contributed by atoms with Crippen LogP contribution in [-0.2, 0) is 4.74 Å². The van der Waals surface area contributed by atoms with Gasteiger partial charge in [0.25, 0.3) is 0 Å². The zero-order valence-electron chi connectivity index (χ0n) is 8.65. The van der Waals surface area contributed by atoms with Crippen LogP contribution in [0.1, 0.15) is 12.8 Å². The quantitative estimate of drug-likeness (QED) is 0.634. The minimum absolute atomic E-state index is 0.663. The van der Waals surface area contributed by atoms with Crippen molar-refractivity contribution in [1.82, 2.24) is 10.3 Å². The highest BCUT2D eigenvalue weighted by atomic mass is 32.2. The largest absolute Gasteiger partial charge is 0.381 e. The Morgan fingerprint density at radius 2 is 2.40 bits per heavy atom. The molecule has 0 bridgehead atoms. The normalized spacial score (nSPS) is 18.1. The van der Waals surface area contributed by atoms with Crippen LogP contribution in [-0.4, -0.2) is 36.5 Å². The highest BCUT2D eigenvalue weighted by Crippen LogP contribution is 2.19. The van der Waals surface area contributed by atoms with Crippen LogP contribution in [0.3, 0.4) is 0 Å². The summed E-state index contributed by atoms with van der Waals surface area (Å²) in [6.45, 7) is 2.89. The third kappa shape index (κ3) is 4.10. The summed E-state index contributed by atoms with van der Waals surface area (Å²) >= 11 is 3.54. The van der Waals surface area contributed by atoms with E-state index in [1.165, 1.54) is 4.34 Å². The molecule has 1 aromatic heterocycles. The van der Waals surface area contributed by atoms with Gasteiger partial charge in [-0.05, 0) is 12.8 Å². The molecule has 1 aromatic rings. The lowest BCUT2D eigenvalue weighted by Crippen LogP contribution is -2.35. The van der Waals surface area contributed by atoms with Gasteiger partial charge < -0.3 is 10.1 Å². The fourth-order valence-electron chi connectivity index (χ4n) is 1.58. The Morgan fingerprint density at radius 1 is 1.53 bits per heavy atom. The van der Waals surface area contributed by atoms with Gasteiger partial charge in [-0.15, -0.1) is 11.3 Å². The fourth-order valence-corrected chi connectivity index (χ4v) is 3.16. The molecule has 0 amide bonds. The van der Waals surface area contributed by atoms with Crippen LogP contribution in [0, 0.1) is 0 Å². The molecule has 0 aromatic carbocycles. The highest BCUT2D eigenvalue weighted by molar-refractivity contribution is 8.01. The summed E-state index contributed by atoms with van der Waals surface area (Å²) in [5.74, 6) is 1.10. The number of thiazole rings is 1. The molecule has 1 aliphatic rings. The van der Waals surface area contributed by atoms with Crippen molar-refractivity contribution in [2.75, 3.05) is 25.5 Å². The number of nitrogens with zero attached hydrogens (tertiary/aromatic N) is 1. The van der Waals surface area contributed by atoms with Gasteiger partial charge in [-0.3, -0.25) is 0 Å². The molecule has 5 heteroatoms. The van der Waals surface area contributed by atoms with Crippen molar-refractivity contribution in [3.05, 3.63) is 11.6 Å². The second kappa shape index (κ2) is 6.48. The molecule has 0 spiro atoms. The third-order valence-electron chi connectivity index (χ3n) is 2.39. The van der Waals surface area contributed by atoms with E-state index >= 15 is 0 Å². The molecule has 0 radical (unpaired) electrons. The van der Waals surface area contributed by atoms with Crippen LogP contribution in [0.5, 0.6) is 0 Å². The molecular weight excluding hydrogens is 228 g/mol. The molecule has 1 fully saturated rings. The van der Waals surface area contributed by atoms with E-state index in [4.69, 9.17) is 4.74 Å². The van der Waals surface area contributed by atoms with E-state index in [0.29, 0.717) is 6.04 Å². The number of rotatable bonds is 5. The third-order valence-corrected chi connectivity index (χ3v) is 4.36. The summed E-state index contributed by atoms with van der Waals surface area (Å²) in [4.78, 5) is 4.23. The van der Waals surface area contributed by atoms with Crippen molar-refractivity contribution in [3.8, 4) is 0 Å². The predicted molar refractivity (Wildman–Crippen MR) is 64.7 cm³/mol. The smallest absolute Gasteiger partial charge is 0.149 e. The Morgan fingerprint density at radius 3 is 3.13 bits per heavy atom. The number of thioether (sulfide) groups is 1. The van der Waals surface area contributed by atoms with Crippen LogP contribution in [0.25, 0.3) is 0 Å².